The van der Waals surface area contributed by atoms with Gasteiger partial charge in [-0.3, -0.25) is 4.79 Å². The van der Waals surface area contributed by atoms with Crippen LogP contribution < -0.4 is 4.90 Å². The Bertz CT molecular complexity index is 424. The maximum Gasteiger partial charge on any atom is 0.305 e. The van der Waals surface area contributed by atoms with Crippen LogP contribution in [-0.4, -0.2) is 23.7 Å². The molecule has 1 aliphatic carbocycles. The van der Waals surface area contributed by atoms with E-state index in [1.807, 2.05) is 18.2 Å². The van der Waals surface area contributed by atoms with Gasteiger partial charge in [-0.1, -0.05) is 38.0 Å². The summed E-state index contributed by atoms with van der Waals surface area (Å²) in [6.07, 6.45) is 7.79. The molecule has 0 unspecified atom stereocenters. The zero-order valence-electron chi connectivity index (χ0n) is 13.0. The lowest BCUT2D eigenvalue weighted by Gasteiger charge is -2.38. The van der Waals surface area contributed by atoms with Crippen LogP contribution in [0.5, 0.6) is 0 Å². The van der Waals surface area contributed by atoms with E-state index in [9.17, 15) is 4.79 Å². The Morgan fingerprint density at radius 2 is 1.86 bits per heavy atom. The molecule has 0 atom stereocenters. The molecule has 0 aliphatic heterocycles. The Kier molecular flexibility index (Phi) is 6.09. The van der Waals surface area contributed by atoms with Gasteiger partial charge >= 0.3 is 5.97 Å². The first-order chi connectivity index (χ1) is 10.2. The van der Waals surface area contributed by atoms with Gasteiger partial charge in [-0.2, -0.15) is 0 Å². The molecule has 1 N–H and O–H groups in total. The van der Waals surface area contributed by atoms with Gasteiger partial charge in [0.2, 0.25) is 0 Å². The van der Waals surface area contributed by atoms with E-state index in [-0.39, 0.29) is 6.42 Å². The first-order valence-electron chi connectivity index (χ1n) is 8.24. The van der Waals surface area contributed by atoms with Crippen LogP contribution in [0.25, 0.3) is 0 Å². The van der Waals surface area contributed by atoms with Gasteiger partial charge in [0, 0.05) is 18.3 Å². The van der Waals surface area contributed by atoms with Crippen LogP contribution in [0.15, 0.2) is 30.3 Å². The summed E-state index contributed by atoms with van der Waals surface area (Å²) in [6.45, 7) is 2.87. The molecular weight excluding hydrogens is 262 g/mol. The topological polar surface area (TPSA) is 40.5 Å². The SMILES string of the molecule is CCCC1CCC(N(CCC(=O)O)c2ccccc2)CC1. The van der Waals surface area contributed by atoms with Crippen molar-refractivity contribution in [3.8, 4) is 0 Å². The van der Waals surface area contributed by atoms with Crippen molar-refractivity contribution in [2.45, 2.75) is 57.9 Å². The van der Waals surface area contributed by atoms with Gasteiger partial charge in [0.15, 0.2) is 0 Å². The molecule has 1 aliphatic rings. The molecule has 0 heterocycles. The summed E-state index contributed by atoms with van der Waals surface area (Å²) >= 11 is 0. The van der Waals surface area contributed by atoms with Crippen molar-refractivity contribution in [1.29, 1.82) is 0 Å². The van der Waals surface area contributed by atoms with Crippen molar-refractivity contribution in [2.75, 3.05) is 11.4 Å². The number of carbonyl (C=O) groups is 1. The number of carboxylic acids is 1. The third-order valence-corrected chi connectivity index (χ3v) is 4.61. The summed E-state index contributed by atoms with van der Waals surface area (Å²) in [4.78, 5) is 13.2. The molecule has 2 rings (SSSR count). The first-order valence-corrected chi connectivity index (χ1v) is 8.24. The van der Waals surface area contributed by atoms with Crippen LogP contribution in [0.4, 0.5) is 5.69 Å². The number of benzene rings is 1. The van der Waals surface area contributed by atoms with Crippen LogP contribution in [0, 0.1) is 5.92 Å². The maximum atomic E-state index is 10.9. The van der Waals surface area contributed by atoms with Crippen LogP contribution >= 0.6 is 0 Å². The van der Waals surface area contributed by atoms with Gasteiger partial charge < -0.3 is 10.0 Å². The standard InChI is InChI=1S/C18H27NO2/c1-2-6-15-9-11-17(12-10-15)19(14-13-18(20)21)16-7-4-3-5-8-16/h3-5,7-8,15,17H,2,6,9-14H2,1H3,(H,20,21). The molecule has 1 aromatic carbocycles. The summed E-state index contributed by atoms with van der Waals surface area (Å²) in [5, 5.41) is 8.99. The number of hydrogen-bond donors (Lipinski definition) is 1. The lowest BCUT2D eigenvalue weighted by molar-refractivity contribution is -0.136. The van der Waals surface area contributed by atoms with Gasteiger partial charge in [-0.15, -0.1) is 0 Å². The van der Waals surface area contributed by atoms with E-state index in [2.05, 4.69) is 24.0 Å². The van der Waals surface area contributed by atoms with E-state index in [0.29, 0.717) is 12.6 Å². The van der Waals surface area contributed by atoms with E-state index >= 15 is 0 Å². The highest BCUT2D eigenvalue weighted by molar-refractivity contribution is 5.67. The minimum atomic E-state index is -0.712. The average Bonchev–Trinajstić information content (AvgIpc) is 2.50. The Hall–Kier alpha value is -1.51. The predicted octanol–water partition coefficient (Wildman–Crippen LogP) is 4.33. The van der Waals surface area contributed by atoms with E-state index in [0.717, 1.165) is 11.6 Å². The van der Waals surface area contributed by atoms with Crippen LogP contribution in [0.3, 0.4) is 0 Å². The Balaban J connectivity index is 2.01. The third kappa shape index (κ3) is 4.76. The molecule has 0 amide bonds. The highest BCUT2D eigenvalue weighted by atomic mass is 16.4. The van der Waals surface area contributed by atoms with Crippen molar-refractivity contribution in [1.82, 2.24) is 0 Å². The monoisotopic (exact) mass is 289 g/mol. The quantitative estimate of drug-likeness (QED) is 0.812. The van der Waals surface area contributed by atoms with E-state index in [4.69, 9.17) is 5.11 Å². The van der Waals surface area contributed by atoms with E-state index < -0.39 is 5.97 Å². The van der Waals surface area contributed by atoms with Gasteiger partial charge in [0.05, 0.1) is 6.42 Å². The van der Waals surface area contributed by atoms with Crippen molar-refractivity contribution in [2.24, 2.45) is 5.92 Å². The Morgan fingerprint density at radius 3 is 2.43 bits per heavy atom. The van der Waals surface area contributed by atoms with Crippen molar-refractivity contribution >= 4 is 11.7 Å². The fourth-order valence-electron chi connectivity index (χ4n) is 3.51. The smallest absolute Gasteiger partial charge is 0.305 e. The van der Waals surface area contributed by atoms with Crippen molar-refractivity contribution < 1.29 is 9.90 Å². The first kappa shape index (κ1) is 15.9. The molecule has 1 saturated carbocycles. The largest absolute Gasteiger partial charge is 0.481 e. The minimum absolute atomic E-state index is 0.212. The molecule has 1 aromatic rings. The lowest BCUT2D eigenvalue weighted by atomic mass is 9.82. The predicted molar refractivity (Wildman–Crippen MR) is 86.7 cm³/mol. The van der Waals surface area contributed by atoms with Gasteiger partial charge in [-0.05, 0) is 43.7 Å². The van der Waals surface area contributed by atoms with Gasteiger partial charge in [-0.25, -0.2) is 0 Å². The van der Waals surface area contributed by atoms with Crippen LogP contribution in [0.2, 0.25) is 0 Å². The van der Waals surface area contributed by atoms with Crippen molar-refractivity contribution in [3.63, 3.8) is 0 Å². The second kappa shape index (κ2) is 8.06. The summed E-state index contributed by atoms with van der Waals surface area (Å²) in [7, 11) is 0. The zero-order chi connectivity index (χ0) is 15.1. The second-order valence-corrected chi connectivity index (χ2v) is 6.14. The molecule has 3 heteroatoms. The number of aliphatic carboxylic acids is 1. The molecule has 1 fully saturated rings. The van der Waals surface area contributed by atoms with Crippen LogP contribution in [-0.2, 0) is 4.79 Å². The number of para-hydroxylation sites is 1. The fourth-order valence-corrected chi connectivity index (χ4v) is 3.51. The van der Waals surface area contributed by atoms with E-state index in [1.54, 1.807) is 0 Å². The molecule has 0 bridgehead atoms. The van der Waals surface area contributed by atoms with Gasteiger partial charge in [0.25, 0.3) is 0 Å². The van der Waals surface area contributed by atoms with E-state index in [1.165, 1.54) is 38.5 Å². The number of nitrogens with zero attached hydrogens (tertiary/aromatic N) is 1. The maximum absolute atomic E-state index is 10.9. The molecule has 3 nitrogen and oxygen atoms in total. The average molecular weight is 289 g/mol. The highest BCUT2D eigenvalue weighted by Gasteiger charge is 2.25. The molecule has 21 heavy (non-hydrogen) atoms. The molecule has 116 valence electrons. The second-order valence-electron chi connectivity index (χ2n) is 6.14. The molecular formula is C18H27NO2. The van der Waals surface area contributed by atoms with Crippen molar-refractivity contribution in [3.05, 3.63) is 30.3 Å². The Morgan fingerprint density at radius 1 is 1.19 bits per heavy atom. The number of anilines is 1. The fraction of sp³-hybridized carbons (Fsp3) is 0.611. The zero-order valence-corrected chi connectivity index (χ0v) is 13.0. The lowest BCUT2D eigenvalue weighted by Crippen LogP contribution is -2.39. The highest BCUT2D eigenvalue weighted by Crippen LogP contribution is 2.32. The Labute approximate surface area is 128 Å². The normalized spacial score (nSPS) is 22.0. The third-order valence-electron chi connectivity index (χ3n) is 4.61. The number of rotatable bonds is 7. The summed E-state index contributed by atoms with van der Waals surface area (Å²) in [5.41, 5.74) is 1.16. The molecule has 0 aromatic heterocycles. The van der Waals surface area contributed by atoms with Crippen LogP contribution in [0.1, 0.15) is 51.9 Å². The number of hydrogen-bond acceptors (Lipinski definition) is 2. The summed E-state index contributed by atoms with van der Waals surface area (Å²) in [5.74, 6) is 0.166. The molecule has 0 radical (unpaired) electrons. The molecule has 0 spiro atoms. The minimum Gasteiger partial charge on any atom is -0.481 e. The summed E-state index contributed by atoms with van der Waals surface area (Å²) in [6, 6.07) is 10.8. The van der Waals surface area contributed by atoms with Gasteiger partial charge in [0.1, 0.15) is 0 Å². The summed E-state index contributed by atoms with van der Waals surface area (Å²) < 4.78 is 0. The number of carboxylic acid groups (broad SMARTS) is 1. The molecule has 0 saturated heterocycles.